The number of hydrogen-bond acceptors (Lipinski definition) is 3. The molecule has 136 valence electrons. The lowest BCUT2D eigenvalue weighted by molar-refractivity contribution is 0.0975. The standard InChI is InChI=1S/C23H16ClN3O/c24-21-18(14-15-8-4-6-12-19(15)25-21)22-26-20-13-7-5-11-17(20)23(28)27(22)16-9-2-1-3-10-16/h1-14,22,26H/t22-/m1/s1. The predicted octanol–water partition coefficient (Wildman–Crippen LogP) is 5.66. The third-order valence-electron chi connectivity index (χ3n) is 4.96. The minimum absolute atomic E-state index is 0.0743. The highest BCUT2D eigenvalue weighted by molar-refractivity contribution is 6.31. The van der Waals surface area contributed by atoms with Crippen LogP contribution >= 0.6 is 11.6 Å². The van der Waals surface area contributed by atoms with Crippen LogP contribution in [0.2, 0.25) is 5.15 Å². The van der Waals surface area contributed by atoms with E-state index in [1.807, 2.05) is 84.9 Å². The van der Waals surface area contributed by atoms with E-state index in [1.165, 1.54) is 0 Å². The lowest BCUT2D eigenvalue weighted by Crippen LogP contribution is -2.43. The molecular formula is C23H16ClN3O. The molecule has 4 aromatic rings. The van der Waals surface area contributed by atoms with Crippen molar-refractivity contribution in [3.8, 4) is 0 Å². The Labute approximate surface area is 167 Å². The molecule has 0 saturated heterocycles. The van der Waals surface area contributed by atoms with Gasteiger partial charge in [0.1, 0.15) is 11.3 Å². The fourth-order valence-electron chi connectivity index (χ4n) is 3.63. The molecule has 0 radical (unpaired) electrons. The zero-order valence-corrected chi connectivity index (χ0v) is 15.6. The molecular weight excluding hydrogens is 370 g/mol. The number of nitrogens with one attached hydrogen (secondary N) is 1. The summed E-state index contributed by atoms with van der Waals surface area (Å²) in [5, 5.41) is 4.83. The van der Waals surface area contributed by atoms with E-state index >= 15 is 0 Å². The van der Waals surface area contributed by atoms with Crippen LogP contribution in [0.25, 0.3) is 10.9 Å². The Morgan fingerprint density at radius 2 is 1.61 bits per heavy atom. The summed E-state index contributed by atoms with van der Waals surface area (Å²) >= 11 is 6.58. The van der Waals surface area contributed by atoms with Crippen LogP contribution in [-0.4, -0.2) is 10.9 Å². The van der Waals surface area contributed by atoms with Gasteiger partial charge in [-0.15, -0.1) is 0 Å². The molecule has 3 aromatic carbocycles. The number of fused-ring (bicyclic) bond motifs is 2. The van der Waals surface area contributed by atoms with Crippen LogP contribution in [0.5, 0.6) is 0 Å². The monoisotopic (exact) mass is 385 g/mol. The summed E-state index contributed by atoms with van der Waals surface area (Å²) < 4.78 is 0. The highest BCUT2D eigenvalue weighted by Crippen LogP contribution is 2.39. The van der Waals surface area contributed by atoms with Crippen molar-refractivity contribution < 1.29 is 4.79 Å². The molecule has 1 aliphatic heterocycles. The summed E-state index contributed by atoms with van der Waals surface area (Å²) in [6.45, 7) is 0. The molecule has 0 spiro atoms. The molecule has 0 bridgehead atoms. The summed E-state index contributed by atoms with van der Waals surface area (Å²) in [6.07, 6.45) is -0.464. The highest BCUT2D eigenvalue weighted by atomic mass is 35.5. The van der Waals surface area contributed by atoms with Gasteiger partial charge in [0.15, 0.2) is 0 Å². The van der Waals surface area contributed by atoms with E-state index in [0.717, 1.165) is 27.8 Å². The molecule has 1 amide bonds. The maximum atomic E-state index is 13.4. The summed E-state index contributed by atoms with van der Waals surface area (Å²) in [7, 11) is 0. The topological polar surface area (TPSA) is 45.2 Å². The number of nitrogens with zero attached hydrogens (tertiary/aromatic N) is 2. The summed E-state index contributed by atoms with van der Waals surface area (Å²) in [4.78, 5) is 19.7. The summed E-state index contributed by atoms with van der Waals surface area (Å²) in [6, 6.07) is 26.9. The Morgan fingerprint density at radius 1 is 0.893 bits per heavy atom. The number of hydrogen-bond donors (Lipinski definition) is 1. The minimum Gasteiger partial charge on any atom is -0.360 e. The smallest absolute Gasteiger partial charge is 0.262 e. The third kappa shape index (κ3) is 2.70. The number of benzene rings is 3. The second-order valence-electron chi connectivity index (χ2n) is 6.66. The molecule has 5 heteroatoms. The molecule has 0 aliphatic carbocycles. The number of carbonyl (C=O) groups excluding carboxylic acids is 1. The molecule has 5 rings (SSSR count). The van der Waals surface area contributed by atoms with Gasteiger partial charge in [0, 0.05) is 22.3 Å². The van der Waals surface area contributed by atoms with Crippen molar-refractivity contribution in [1.82, 2.24) is 4.98 Å². The van der Waals surface area contributed by atoms with E-state index in [-0.39, 0.29) is 5.91 Å². The zero-order valence-electron chi connectivity index (χ0n) is 14.8. The van der Waals surface area contributed by atoms with E-state index in [9.17, 15) is 4.79 Å². The average Bonchev–Trinajstić information content (AvgIpc) is 2.74. The number of amides is 1. The first-order chi connectivity index (χ1) is 13.7. The molecule has 2 heterocycles. The number of para-hydroxylation sites is 3. The van der Waals surface area contributed by atoms with Crippen molar-refractivity contribution in [3.05, 3.63) is 101 Å². The molecule has 1 aromatic heterocycles. The van der Waals surface area contributed by atoms with Gasteiger partial charge in [0.25, 0.3) is 5.91 Å². The SMILES string of the molecule is O=C1c2ccccc2N[C@@H](c2cc3ccccc3nc2Cl)N1c1ccccc1. The van der Waals surface area contributed by atoms with Gasteiger partial charge in [-0.25, -0.2) is 4.98 Å². The van der Waals surface area contributed by atoms with E-state index in [4.69, 9.17) is 11.6 Å². The van der Waals surface area contributed by atoms with Crippen LogP contribution in [0.15, 0.2) is 84.9 Å². The molecule has 28 heavy (non-hydrogen) atoms. The predicted molar refractivity (Wildman–Crippen MR) is 113 cm³/mol. The first-order valence-corrected chi connectivity index (χ1v) is 9.39. The number of carbonyl (C=O) groups is 1. The lowest BCUT2D eigenvalue weighted by Gasteiger charge is -2.38. The zero-order chi connectivity index (χ0) is 19.1. The van der Waals surface area contributed by atoms with E-state index < -0.39 is 6.17 Å². The molecule has 4 nitrogen and oxygen atoms in total. The largest absolute Gasteiger partial charge is 0.360 e. The van der Waals surface area contributed by atoms with E-state index in [2.05, 4.69) is 10.3 Å². The van der Waals surface area contributed by atoms with Crippen LogP contribution in [0.1, 0.15) is 22.1 Å². The third-order valence-corrected chi connectivity index (χ3v) is 5.26. The van der Waals surface area contributed by atoms with E-state index in [1.54, 1.807) is 4.90 Å². The second-order valence-corrected chi connectivity index (χ2v) is 7.02. The first kappa shape index (κ1) is 16.8. The highest BCUT2D eigenvalue weighted by Gasteiger charge is 2.35. The van der Waals surface area contributed by atoms with Gasteiger partial charge in [-0.05, 0) is 36.4 Å². The molecule has 0 unspecified atom stereocenters. The number of halogens is 1. The normalized spacial score (nSPS) is 16.0. The van der Waals surface area contributed by atoms with Crippen molar-refractivity contribution in [2.45, 2.75) is 6.17 Å². The maximum Gasteiger partial charge on any atom is 0.262 e. The van der Waals surface area contributed by atoms with Crippen molar-refractivity contribution >= 4 is 39.8 Å². The summed E-state index contributed by atoms with van der Waals surface area (Å²) in [5.74, 6) is -0.0743. The minimum atomic E-state index is -0.464. The van der Waals surface area contributed by atoms with Crippen molar-refractivity contribution in [3.63, 3.8) is 0 Å². The Balaban J connectivity index is 1.72. The van der Waals surface area contributed by atoms with Crippen LogP contribution in [0.4, 0.5) is 11.4 Å². The van der Waals surface area contributed by atoms with Gasteiger partial charge in [0.05, 0.1) is 11.1 Å². The molecule has 0 saturated carbocycles. The molecule has 0 fully saturated rings. The van der Waals surface area contributed by atoms with Crippen LogP contribution in [0, 0.1) is 0 Å². The van der Waals surface area contributed by atoms with Crippen molar-refractivity contribution in [2.75, 3.05) is 10.2 Å². The van der Waals surface area contributed by atoms with Crippen LogP contribution in [-0.2, 0) is 0 Å². The number of aromatic nitrogens is 1. The number of rotatable bonds is 2. The van der Waals surface area contributed by atoms with Crippen molar-refractivity contribution in [2.24, 2.45) is 0 Å². The Morgan fingerprint density at radius 3 is 2.46 bits per heavy atom. The van der Waals surface area contributed by atoms with Gasteiger partial charge in [-0.3, -0.25) is 9.69 Å². The average molecular weight is 386 g/mol. The van der Waals surface area contributed by atoms with Gasteiger partial charge in [-0.2, -0.15) is 0 Å². The van der Waals surface area contributed by atoms with Gasteiger partial charge in [0.2, 0.25) is 0 Å². The van der Waals surface area contributed by atoms with Gasteiger partial charge in [-0.1, -0.05) is 60.1 Å². The van der Waals surface area contributed by atoms with Crippen LogP contribution in [0.3, 0.4) is 0 Å². The fraction of sp³-hybridized carbons (Fsp3) is 0.0435. The number of anilines is 2. The number of pyridine rings is 1. The van der Waals surface area contributed by atoms with Crippen molar-refractivity contribution in [1.29, 1.82) is 0 Å². The van der Waals surface area contributed by atoms with E-state index in [0.29, 0.717) is 10.7 Å². The van der Waals surface area contributed by atoms with Gasteiger partial charge >= 0.3 is 0 Å². The van der Waals surface area contributed by atoms with Gasteiger partial charge < -0.3 is 5.32 Å². The Kier molecular flexibility index (Phi) is 3.99. The molecule has 1 N–H and O–H groups in total. The second kappa shape index (κ2) is 6.66. The maximum absolute atomic E-state index is 13.4. The Bertz CT molecular complexity index is 1190. The first-order valence-electron chi connectivity index (χ1n) is 9.02. The quantitative estimate of drug-likeness (QED) is 0.453. The molecule has 1 aliphatic rings. The summed E-state index contributed by atoms with van der Waals surface area (Å²) in [5.41, 5.74) is 3.79. The van der Waals surface area contributed by atoms with Crippen LogP contribution < -0.4 is 10.2 Å². The Hall–Kier alpha value is -3.37. The lowest BCUT2D eigenvalue weighted by atomic mass is 10.0. The fourth-order valence-corrected chi connectivity index (χ4v) is 3.88. The molecule has 1 atom stereocenters.